The van der Waals surface area contributed by atoms with Gasteiger partial charge >= 0.3 is 12.1 Å². The summed E-state index contributed by atoms with van der Waals surface area (Å²) in [5.74, 6) is -0.426. The molecule has 1 amide bonds. The van der Waals surface area contributed by atoms with Crippen molar-refractivity contribution in [3.05, 3.63) is 65.2 Å². The van der Waals surface area contributed by atoms with Crippen molar-refractivity contribution >= 4 is 17.7 Å². The van der Waals surface area contributed by atoms with Gasteiger partial charge in [-0.2, -0.15) is 0 Å². The smallest absolute Gasteiger partial charge is 0.413 e. The number of carbonyl (C=O) groups is 2. The molecule has 0 aliphatic carbocycles. The molecule has 2 aromatic rings. The normalized spacial score (nSPS) is 11.3. The second-order valence-corrected chi connectivity index (χ2v) is 10.2. The first-order chi connectivity index (χ1) is 18.9. The molecule has 7 nitrogen and oxygen atoms in total. The molecule has 0 spiro atoms. The maximum atomic E-state index is 12.1. The summed E-state index contributed by atoms with van der Waals surface area (Å²) >= 11 is 0. The Morgan fingerprint density at radius 3 is 1.53 bits per heavy atom. The lowest BCUT2D eigenvalue weighted by Crippen LogP contribution is -2.22. The van der Waals surface area contributed by atoms with Crippen LogP contribution in [0.4, 0.5) is 10.5 Å². The summed E-state index contributed by atoms with van der Waals surface area (Å²) in [6.07, 6.45) is 9.66. The van der Waals surface area contributed by atoms with E-state index in [0.717, 1.165) is 61.6 Å². The summed E-state index contributed by atoms with van der Waals surface area (Å²) in [6, 6.07) is 15.2. The summed E-state index contributed by atoms with van der Waals surface area (Å²) in [7, 11) is 0. The number of anilines is 1. The molecular weight excluding hydrogens is 542 g/mol. The van der Waals surface area contributed by atoms with Gasteiger partial charge in [-0.25, -0.2) is 4.79 Å². The minimum Gasteiger partial charge on any atom is -0.436 e. The number of hydrogen-bond donors (Lipinski definition) is 3. The fourth-order valence-electron chi connectivity index (χ4n) is 4.31. The summed E-state index contributed by atoms with van der Waals surface area (Å²) in [5.41, 5.74) is 3.58. The average Bonchev–Trinajstić information content (AvgIpc) is 2.90. The van der Waals surface area contributed by atoms with Crippen LogP contribution in [0, 0.1) is 0 Å². The zero-order valence-corrected chi connectivity index (χ0v) is 23.7. The van der Waals surface area contributed by atoms with Crippen LogP contribution in [0.1, 0.15) is 137 Å². The van der Waals surface area contributed by atoms with Crippen molar-refractivity contribution in [1.29, 1.82) is 0 Å². The maximum Gasteiger partial charge on any atom is 0.413 e. The molecule has 43 heavy (non-hydrogen) atoms. The van der Waals surface area contributed by atoms with Crippen molar-refractivity contribution in [1.82, 2.24) is 0 Å². The van der Waals surface area contributed by atoms with Gasteiger partial charge in [0.05, 0.1) is 6.42 Å². The molecule has 248 valence electrons. The van der Waals surface area contributed by atoms with E-state index in [1.807, 2.05) is 36.4 Å². The highest BCUT2D eigenvalue weighted by Gasteiger charge is 2.13. The van der Waals surface area contributed by atoms with Gasteiger partial charge < -0.3 is 19.7 Å². The lowest BCUT2D eigenvalue weighted by Gasteiger charge is -2.13. The topological polar surface area (TPSA) is 105 Å². The quantitative estimate of drug-likeness (QED) is 0.0836. The van der Waals surface area contributed by atoms with Gasteiger partial charge in [-0.3, -0.25) is 10.1 Å². The van der Waals surface area contributed by atoms with Crippen LogP contribution in [-0.4, -0.2) is 34.9 Å². The SMILES string of the molecule is C.C.C.C.CCCCCCCC(O)OC(=O)Cc1ccc(Cc2ccc(NC(=O)OC(O)CCCCCCC)cc2)cc1. The molecule has 0 aliphatic rings. The van der Waals surface area contributed by atoms with E-state index in [1.165, 1.54) is 19.3 Å². The van der Waals surface area contributed by atoms with E-state index in [1.54, 1.807) is 12.1 Å². The number of ether oxygens (including phenoxy) is 2. The number of rotatable bonds is 19. The third-order valence-electron chi connectivity index (χ3n) is 6.60. The number of hydrogen-bond acceptors (Lipinski definition) is 6. The lowest BCUT2D eigenvalue weighted by molar-refractivity contribution is -0.168. The van der Waals surface area contributed by atoms with E-state index in [4.69, 9.17) is 9.47 Å². The van der Waals surface area contributed by atoms with Crippen LogP contribution in [-0.2, 0) is 27.1 Å². The molecule has 2 unspecified atom stereocenters. The Morgan fingerprint density at radius 2 is 1.05 bits per heavy atom. The Bertz CT molecular complexity index is 868. The number of esters is 1. The van der Waals surface area contributed by atoms with Crippen molar-refractivity contribution in [3.8, 4) is 0 Å². The largest absolute Gasteiger partial charge is 0.436 e. The van der Waals surface area contributed by atoms with Gasteiger partial charge in [0.2, 0.25) is 12.6 Å². The molecule has 0 aromatic heterocycles. The van der Waals surface area contributed by atoms with E-state index in [0.29, 0.717) is 24.9 Å². The lowest BCUT2D eigenvalue weighted by atomic mass is 10.0. The first-order valence-electron chi connectivity index (χ1n) is 14.6. The minimum absolute atomic E-state index is 0. The molecule has 0 bridgehead atoms. The summed E-state index contributed by atoms with van der Waals surface area (Å²) in [4.78, 5) is 24.2. The van der Waals surface area contributed by atoms with Gasteiger partial charge in [0, 0.05) is 18.5 Å². The number of amides is 1. The minimum atomic E-state index is -1.10. The van der Waals surface area contributed by atoms with Crippen LogP contribution >= 0.6 is 0 Å². The number of benzene rings is 2. The van der Waals surface area contributed by atoms with Crippen molar-refractivity contribution in [2.24, 2.45) is 0 Å². The molecule has 7 heteroatoms. The van der Waals surface area contributed by atoms with Crippen LogP contribution in [0.3, 0.4) is 0 Å². The number of unbranched alkanes of at least 4 members (excludes halogenated alkanes) is 8. The van der Waals surface area contributed by atoms with E-state index in [2.05, 4.69) is 19.2 Å². The highest BCUT2D eigenvalue weighted by molar-refractivity contribution is 5.84. The predicted molar refractivity (Wildman–Crippen MR) is 181 cm³/mol. The molecule has 2 aromatic carbocycles. The molecule has 3 N–H and O–H groups in total. The summed E-state index contributed by atoms with van der Waals surface area (Å²) < 4.78 is 10.2. The van der Waals surface area contributed by atoms with Crippen molar-refractivity contribution in [2.45, 2.75) is 146 Å². The molecule has 0 heterocycles. The van der Waals surface area contributed by atoms with Crippen molar-refractivity contribution in [2.75, 3.05) is 5.32 Å². The van der Waals surface area contributed by atoms with Gasteiger partial charge in [0.1, 0.15) is 0 Å². The molecular formula is C36H63NO6. The highest BCUT2D eigenvalue weighted by atomic mass is 16.6. The zero-order chi connectivity index (χ0) is 28.3. The fourth-order valence-corrected chi connectivity index (χ4v) is 4.31. The first-order valence-corrected chi connectivity index (χ1v) is 14.6. The van der Waals surface area contributed by atoms with Gasteiger partial charge in [-0.05, 0) is 48.1 Å². The monoisotopic (exact) mass is 605 g/mol. The van der Waals surface area contributed by atoms with Gasteiger partial charge in [-0.1, -0.05) is 131 Å². The molecule has 0 fully saturated rings. The Kier molecular flexibility index (Phi) is 27.7. The van der Waals surface area contributed by atoms with Gasteiger partial charge in [-0.15, -0.1) is 0 Å². The van der Waals surface area contributed by atoms with Gasteiger partial charge in [0.15, 0.2) is 0 Å². The van der Waals surface area contributed by atoms with Crippen LogP contribution in [0.25, 0.3) is 0 Å². The van der Waals surface area contributed by atoms with Crippen LogP contribution in [0.5, 0.6) is 0 Å². The molecule has 0 saturated carbocycles. The summed E-state index contributed by atoms with van der Waals surface area (Å²) in [6.45, 7) is 4.31. The molecule has 2 rings (SSSR count). The summed E-state index contributed by atoms with van der Waals surface area (Å²) in [5, 5.41) is 22.5. The third kappa shape index (κ3) is 20.6. The number of aliphatic hydroxyl groups is 2. The highest BCUT2D eigenvalue weighted by Crippen LogP contribution is 2.16. The second kappa shape index (κ2) is 26.7. The Labute approximate surface area is 263 Å². The molecule has 0 saturated heterocycles. The maximum absolute atomic E-state index is 12.1. The first kappa shape index (κ1) is 44.5. The fraction of sp³-hybridized carbons (Fsp3) is 0.611. The van der Waals surface area contributed by atoms with Gasteiger partial charge in [0.25, 0.3) is 0 Å². The zero-order valence-electron chi connectivity index (χ0n) is 23.7. The van der Waals surface area contributed by atoms with Crippen LogP contribution in [0.2, 0.25) is 0 Å². The molecule has 0 aliphatic heterocycles. The van der Waals surface area contributed by atoms with Crippen LogP contribution in [0.15, 0.2) is 48.5 Å². The predicted octanol–water partition coefficient (Wildman–Crippen LogP) is 9.81. The Morgan fingerprint density at radius 1 is 0.628 bits per heavy atom. The Hall–Kier alpha value is -2.90. The number of nitrogens with one attached hydrogen (secondary N) is 1. The van der Waals surface area contributed by atoms with Crippen molar-refractivity contribution in [3.63, 3.8) is 0 Å². The second-order valence-electron chi connectivity index (χ2n) is 10.2. The van der Waals surface area contributed by atoms with E-state index in [-0.39, 0.29) is 36.1 Å². The number of carbonyl (C=O) groups excluding carboxylic acids is 2. The third-order valence-corrected chi connectivity index (χ3v) is 6.60. The van der Waals surface area contributed by atoms with E-state index >= 15 is 0 Å². The molecule has 0 radical (unpaired) electrons. The Balaban J connectivity index is -0.00000400. The van der Waals surface area contributed by atoms with Crippen molar-refractivity contribution < 1.29 is 29.3 Å². The van der Waals surface area contributed by atoms with E-state index in [9.17, 15) is 19.8 Å². The average molecular weight is 606 g/mol. The number of aliphatic hydroxyl groups excluding tert-OH is 2. The van der Waals surface area contributed by atoms with Crippen LogP contribution < -0.4 is 5.32 Å². The molecule has 2 atom stereocenters. The standard InChI is InChI=1S/C32H47NO6.4CH4/c1-3-5-7-9-11-13-29(34)38-31(36)24-27-17-15-25(16-18-27)23-26-19-21-28(22-20-26)33-32(37)39-30(35)14-12-10-8-6-4-2;;;;/h15-22,29-30,34-35H,3-14,23-24H2,1-2H3,(H,33,37);4*1H4. The van der Waals surface area contributed by atoms with E-state index < -0.39 is 24.6 Å².